The summed E-state index contributed by atoms with van der Waals surface area (Å²) in [5.41, 5.74) is 13.4. The molecule has 5 rings (SSSR count). The standard InChI is InChI=1S/C20H19N5O.C9H10O3/c1-12-9-13(2)25(23-12)17-6-4-5-15(10-17)19-14(3)24-8-7-16(20(21)26)11-18(24)22-19;10-8-4-1-7(2-5-8)3-6-9(11)12/h4-11H,1-3H3,(H2,21,26);1-2,4-5,10H,3,6H2,(H,11,12). The number of phenolic OH excluding ortho intramolecular Hbond substituents is 1. The van der Waals surface area contributed by atoms with Gasteiger partial charge in [0, 0.05) is 35.1 Å². The molecule has 0 saturated carbocycles. The molecule has 2 aromatic carbocycles. The highest BCUT2D eigenvalue weighted by Crippen LogP contribution is 2.26. The van der Waals surface area contributed by atoms with Crippen molar-refractivity contribution in [1.29, 1.82) is 0 Å². The molecule has 0 saturated heterocycles. The Balaban J connectivity index is 0.000000236. The van der Waals surface area contributed by atoms with Crippen molar-refractivity contribution in [2.75, 3.05) is 0 Å². The Morgan fingerprint density at radius 3 is 2.34 bits per heavy atom. The number of primary amides is 1. The topological polar surface area (TPSA) is 136 Å². The van der Waals surface area contributed by atoms with E-state index >= 15 is 0 Å². The molecule has 3 aromatic heterocycles. The van der Waals surface area contributed by atoms with Gasteiger partial charge in [-0.25, -0.2) is 9.67 Å². The molecule has 4 N–H and O–H groups in total. The summed E-state index contributed by atoms with van der Waals surface area (Å²) in [6.45, 7) is 6.03. The molecule has 0 radical (unpaired) electrons. The molecule has 194 valence electrons. The summed E-state index contributed by atoms with van der Waals surface area (Å²) in [6, 6.07) is 20.1. The summed E-state index contributed by atoms with van der Waals surface area (Å²) >= 11 is 0. The van der Waals surface area contributed by atoms with Gasteiger partial charge in [-0.1, -0.05) is 24.3 Å². The summed E-state index contributed by atoms with van der Waals surface area (Å²) in [7, 11) is 0. The second kappa shape index (κ2) is 11.0. The van der Waals surface area contributed by atoms with Crippen LogP contribution < -0.4 is 5.73 Å². The lowest BCUT2D eigenvalue weighted by atomic mass is 10.1. The Kier molecular flexibility index (Phi) is 7.57. The quantitative estimate of drug-likeness (QED) is 0.304. The van der Waals surface area contributed by atoms with Crippen LogP contribution in [0.5, 0.6) is 5.75 Å². The molecule has 0 aliphatic rings. The molecule has 1 amide bonds. The van der Waals surface area contributed by atoms with Crippen LogP contribution in [0.15, 0.2) is 72.9 Å². The van der Waals surface area contributed by atoms with Crippen molar-refractivity contribution in [3.8, 4) is 22.7 Å². The van der Waals surface area contributed by atoms with Gasteiger partial charge in [-0.2, -0.15) is 5.10 Å². The Morgan fingerprint density at radius 2 is 1.71 bits per heavy atom. The monoisotopic (exact) mass is 511 g/mol. The van der Waals surface area contributed by atoms with E-state index in [1.54, 1.807) is 36.4 Å². The first-order valence-corrected chi connectivity index (χ1v) is 12.0. The number of imidazole rings is 1. The summed E-state index contributed by atoms with van der Waals surface area (Å²) < 4.78 is 3.88. The minimum atomic E-state index is -0.803. The molecule has 0 bridgehead atoms. The van der Waals surface area contributed by atoms with Crippen LogP contribution in [0.1, 0.15) is 39.4 Å². The maximum Gasteiger partial charge on any atom is 0.303 e. The zero-order valence-electron chi connectivity index (χ0n) is 21.4. The average Bonchev–Trinajstić information content (AvgIpc) is 3.41. The van der Waals surface area contributed by atoms with Gasteiger partial charge >= 0.3 is 5.97 Å². The normalized spacial score (nSPS) is 10.7. The lowest BCUT2D eigenvalue weighted by molar-refractivity contribution is -0.136. The van der Waals surface area contributed by atoms with Crippen LogP contribution >= 0.6 is 0 Å². The number of rotatable bonds is 6. The number of nitrogens with zero attached hydrogens (tertiary/aromatic N) is 4. The van der Waals surface area contributed by atoms with Crippen molar-refractivity contribution in [2.45, 2.75) is 33.6 Å². The number of carbonyl (C=O) groups is 2. The molecule has 0 aliphatic heterocycles. The number of aryl methyl sites for hydroxylation is 4. The third-order valence-corrected chi connectivity index (χ3v) is 6.09. The second-order valence-electron chi connectivity index (χ2n) is 9.00. The summed E-state index contributed by atoms with van der Waals surface area (Å²) in [4.78, 5) is 26.3. The number of benzene rings is 2. The summed E-state index contributed by atoms with van der Waals surface area (Å²) in [5.74, 6) is -1.06. The van der Waals surface area contributed by atoms with Crippen LogP contribution in [0.4, 0.5) is 0 Å². The number of pyridine rings is 1. The van der Waals surface area contributed by atoms with Gasteiger partial charge in [0.25, 0.3) is 0 Å². The molecule has 9 heteroatoms. The van der Waals surface area contributed by atoms with Crippen molar-refractivity contribution in [3.05, 3.63) is 101 Å². The SMILES string of the molecule is Cc1cc(C)n(-c2cccc(-c3nc4cc(C(N)=O)ccn4c3C)c2)n1.O=C(O)CCc1ccc(O)cc1. The van der Waals surface area contributed by atoms with E-state index in [-0.39, 0.29) is 12.2 Å². The molecule has 0 unspecified atom stereocenters. The molecule has 9 nitrogen and oxygen atoms in total. The zero-order valence-corrected chi connectivity index (χ0v) is 21.4. The minimum absolute atomic E-state index is 0.130. The predicted molar refractivity (Wildman–Crippen MR) is 145 cm³/mol. The maximum absolute atomic E-state index is 11.4. The lowest BCUT2D eigenvalue weighted by Crippen LogP contribution is -2.11. The molecular weight excluding hydrogens is 482 g/mol. The molecule has 38 heavy (non-hydrogen) atoms. The molecule has 0 atom stereocenters. The Morgan fingerprint density at radius 1 is 0.974 bits per heavy atom. The molecule has 5 aromatic rings. The molecule has 0 aliphatic carbocycles. The Labute approximate surface area is 219 Å². The van der Waals surface area contributed by atoms with E-state index in [4.69, 9.17) is 20.9 Å². The Bertz CT molecular complexity index is 1620. The fourth-order valence-electron chi connectivity index (χ4n) is 4.18. The number of carbonyl (C=O) groups excluding carboxylic acids is 1. The van der Waals surface area contributed by atoms with Crippen LogP contribution in [0.3, 0.4) is 0 Å². The van der Waals surface area contributed by atoms with Crippen LogP contribution in [0.25, 0.3) is 22.6 Å². The molecule has 0 spiro atoms. The van der Waals surface area contributed by atoms with E-state index in [1.165, 1.54) is 0 Å². The molecular formula is C29H29N5O4. The van der Waals surface area contributed by atoms with Crippen molar-refractivity contribution < 1.29 is 19.8 Å². The van der Waals surface area contributed by atoms with E-state index in [0.29, 0.717) is 17.6 Å². The molecule has 3 heterocycles. The Hall–Kier alpha value is -4.92. The summed E-state index contributed by atoms with van der Waals surface area (Å²) in [5, 5.41) is 21.8. The van der Waals surface area contributed by atoms with Crippen LogP contribution in [-0.2, 0) is 11.2 Å². The number of aliphatic carboxylic acids is 1. The zero-order chi connectivity index (χ0) is 27.4. The first-order valence-electron chi connectivity index (χ1n) is 12.0. The van der Waals surface area contributed by atoms with Crippen LogP contribution in [0, 0.1) is 20.8 Å². The van der Waals surface area contributed by atoms with Gasteiger partial charge in [0.05, 0.1) is 17.1 Å². The van der Waals surface area contributed by atoms with Gasteiger partial charge in [0.2, 0.25) is 5.91 Å². The minimum Gasteiger partial charge on any atom is -0.508 e. The van der Waals surface area contributed by atoms with Gasteiger partial charge in [0.1, 0.15) is 11.4 Å². The van der Waals surface area contributed by atoms with Crippen molar-refractivity contribution in [2.24, 2.45) is 5.73 Å². The van der Waals surface area contributed by atoms with Crippen molar-refractivity contribution in [3.63, 3.8) is 0 Å². The van der Waals surface area contributed by atoms with Gasteiger partial charge < -0.3 is 20.3 Å². The number of aromatic nitrogens is 4. The number of nitrogens with two attached hydrogens (primary N) is 1. The number of aromatic hydroxyl groups is 1. The van der Waals surface area contributed by atoms with E-state index in [0.717, 1.165) is 39.6 Å². The van der Waals surface area contributed by atoms with Gasteiger partial charge in [0.15, 0.2) is 0 Å². The second-order valence-corrected chi connectivity index (χ2v) is 9.00. The first kappa shape index (κ1) is 26.2. The summed E-state index contributed by atoms with van der Waals surface area (Å²) in [6.07, 6.45) is 2.46. The fraction of sp³-hybridized carbons (Fsp3) is 0.172. The maximum atomic E-state index is 11.4. The highest BCUT2D eigenvalue weighted by Gasteiger charge is 2.13. The van der Waals surface area contributed by atoms with E-state index in [9.17, 15) is 9.59 Å². The van der Waals surface area contributed by atoms with E-state index in [2.05, 4.69) is 11.2 Å². The number of amides is 1. The van der Waals surface area contributed by atoms with Crippen molar-refractivity contribution in [1.82, 2.24) is 19.2 Å². The molecule has 0 fully saturated rings. The lowest BCUT2D eigenvalue weighted by Gasteiger charge is -2.07. The highest BCUT2D eigenvalue weighted by molar-refractivity contribution is 5.93. The van der Waals surface area contributed by atoms with E-state index < -0.39 is 11.9 Å². The third-order valence-electron chi connectivity index (χ3n) is 6.09. The smallest absolute Gasteiger partial charge is 0.303 e. The van der Waals surface area contributed by atoms with Crippen LogP contribution in [0.2, 0.25) is 0 Å². The predicted octanol–water partition coefficient (Wildman–Crippen LogP) is 4.62. The number of hydrogen-bond donors (Lipinski definition) is 3. The first-order chi connectivity index (χ1) is 18.1. The number of phenols is 1. The van der Waals surface area contributed by atoms with Gasteiger partial charge in [-0.05, 0) is 75.2 Å². The average molecular weight is 512 g/mol. The third kappa shape index (κ3) is 5.89. The fourth-order valence-corrected chi connectivity index (χ4v) is 4.18. The number of fused-ring (bicyclic) bond motifs is 1. The highest BCUT2D eigenvalue weighted by atomic mass is 16.4. The largest absolute Gasteiger partial charge is 0.508 e. The van der Waals surface area contributed by atoms with Gasteiger partial charge in [-0.15, -0.1) is 0 Å². The number of carboxylic acid groups (broad SMARTS) is 1. The van der Waals surface area contributed by atoms with Crippen molar-refractivity contribution >= 4 is 17.5 Å². The van der Waals surface area contributed by atoms with E-state index in [1.807, 2.05) is 60.3 Å². The number of carboxylic acids is 1. The van der Waals surface area contributed by atoms with Crippen LogP contribution in [-0.4, -0.2) is 41.3 Å². The van der Waals surface area contributed by atoms with Gasteiger partial charge in [-0.3, -0.25) is 9.59 Å². The number of hydrogen-bond acceptors (Lipinski definition) is 5.